The van der Waals surface area contributed by atoms with E-state index in [0.29, 0.717) is 12.2 Å². The topological polar surface area (TPSA) is 66.4 Å². The molecule has 1 fully saturated rings. The van der Waals surface area contributed by atoms with Crippen LogP contribution in [0.4, 0.5) is 5.69 Å². The van der Waals surface area contributed by atoms with E-state index in [2.05, 4.69) is 5.32 Å². The summed E-state index contributed by atoms with van der Waals surface area (Å²) in [6.07, 6.45) is 6.72. The van der Waals surface area contributed by atoms with Crippen molar-refractivity contribution in [2.45, 2.75) is 44.3 Å². The number of carbonyl (C=O) groups excluding carboxylic acids is 1. The predicted molar refractivity (Wildman–Crippen MR) is 90.1 cm³/mol. The number of benzene rings is 1. The highest BCUT2D eigenvalue weighted by molar-refractivity contribution is 7.99. The lowest BCUT2D eigenvalue weighted by molar-refractivity contribution is -0.133. The Balaban J connectivity index is 1.76. The summed E-state index contributed by atoms with van der Waals surface area (Å²) < 4.78 is 0. The maximum Gasteiger partial charge on any atom is 0.313 e. The average molecular weight is 321 g/mol. The molecule has 0 unspecified atom stereocenters. The van der Waals surface area contributed by atoms with Gasteiger partial charge in [0.1, 0.15) is 0 Å². The molecule has 1 amide bonds. The first kappa shape index (κ1) is 16.9. The minimum absolute atomic E-state index is 0.0715. The third-order valence-corrected chi connectivity index (χ3v) is 4.95. The number of hydrogen-bond acceptors (Lipinski definition) is 3. The van der Waals surface area contributed by atoms with E-state index in [9.17, 15) is 9.59 Å². The van der Waals surface area contributed by atoms with E-state index in [1.54, 1.807) is 0 Å². The molecule has 0 atom stereocenters. The standard InChI is InChI=1S/C17H23NO3S/c19-16(9-8-13-4-1-2-5-13)18-15-7-3-6-14(10-15)11-22-12-17(20)21/h3,6-7,10,13H,1-2,4-5,8-9,11-12H2,(H,18,19)(H,20,21). The molecule has 0 aliphatic heterocycles. The van der Waals surface area contributed by atoms with Crippen molar-refractivity contribution in [2.75, 3.05) is 11.1 Å². The van der Waals surface area contributed by atoms with E-state index in [1.165, 1.54) is 37.4 Å². The number of anilines is 1. The van der Waals surface area contributed by atoms with E-state index in [1.807, 2.05) is 24.3 Å². The van der Waals surface area contributed by atoms with E-state index in [0.717, 1.165) is 23.6 Å². The van der Waals surface area contributed by atoms with Gasteiger partial charge >= 0.3 is 5.97 Å². The molecule has 22 heavy (non-hydrogen) atoms. The molecule has 1 saturated carbocycles. The number of carboxylic acid groups (broad SMARTS) is 1. The van der Waals surface area contributed by atoms with Crippen LogP contribution in [0.15, 0.2) is 24.3 Å². The van der Waals surface area contributed by atoms with E-state index in [4.69, 9.17) is 5.11 Å². The fourth-order valence-electron chi connectivity index (χ4n) is 2.85. The zero-order valence-electron chi connectivity index (χ0n) is 12.7. The Kier molecular flexibility index (Phi) is 6.77. The largest absolute Gasteiger partial charge is 0.481 e. The SMILES string of the molecule is O=C(O)CSCc1cccc(NC(=O)CCC2CCCC2)c1. The molecule has 0 aromatic heterocycles. The van der Waals surface area contributed by atoms with Crippen molar-refractivity contribution >= 4 is 29.3 Å². The van der Waals surface area contributed by atoms with Crippen molar-refractivity contribution in [2.24, 2.45) is 5.92 Å². The lowest BCUT2D eigenvalue weighted by Gasteiger charge is -2.10. The third kappa shape index (κ3) is 6.10. The molecule has 1 aromatic rings. The van der Waals surface area contributed by atoms with Crippen LogP contribution in [0.3, 0.4) is 0 Å². The van der Waals surface area contributed by atoms with Crippen molar-refractivity contribution in [3.63, 3.8) is 0 Å². The summed E-state index contributed by atoms with van der Waals surface area (Å²) in [5, 5.41) is 11.6. The van der Waals surface area contributed by atoms with Gasteiger partial charge in [-0.3, -0.25) is 9.59 Å². The van der Waals surface area contributed by atoms with Gasteiger partial charge in [0, 0.05) is 17.9 Å². The first-order chi connectivity index (χ1) is 10.6. The number of carboxylic acids is 1. The van der Waals surface area contributed by atoms with Gasteiger partial charge < -0.3 is 10.4 Å². The number of nitrogens with one attached hydrogen (secondary N) is 1. The molecular weight excluding hydrogens is 298 g/mol. The zero-order valence-corrected chi connectivity index (χ0v) is 13.5. The lowest BCUT2D eigenvalue weighted by Crippen LogP contribution is -2.12. The molecule has 5 heteroatoms. The van der Waals surface area contributed by atoms with Crippen LogP contribution in [0.5, 0.6) is 0 Å². The average Bonchev–Trinajstić information content (AvgIpc) is 2.98. The Morgan fingerprint density at radius 2 is 2.05 bits per heavy atom. The number of amides is 1. The van der Waals surface area contributed by atoms with E-state index < -0.39 is 5.97 Å². The molecule has 120 valence electrons. The van der Waals surface area contributed by atoms with Gasteiger partial charge in [0.25, 0.3) is 0 Å². The molecule has 0 radical (unpaired) electrons. The fourth-order valence-corrected chi connectivity index (χ4v) is 3.54. The number of hydrogen-bond donors (Lipinski definition) is 2. The molecule has 0 heterocycles. The summed E-state index contributed by atoms with van der Waals surface area (Å²) in [6, 6.07) is 7.63. The van der Waals surface area contributed by atoms with Crippen molar-refractivity contribution in [1.29, 1.82) is 0 Å². The summed E-state index contributed by atoms with van der Waals surface area (Å²) in [5.74, 6) is 0.726. The highest BCUT2D eigenvalue weighted by Gasteiger charge is 2.16. The Morgan fingerprint density at radius 3 is 2.77 bits per heavy atom. The normalized spacial score (nSPS) is 14.9. The fraction of sp³-hybridized carbons (Fsp3) is 0.529. The Labute approximate surface area is 135 Å². The number of rotatable bonds is 8. The van der Waals surface area contributed by atoms with Crippen molar-refractivity contribution < 1.29 is 14.7 Å². The lowest BCUT2D eigenvalue weighted by atomic mass is 10.0. The van der Waals surface area contributed by atoms with E-state index in [-0.39, 0.29) is 11.7 Å². The smallest absolute Gasteiger partial charge is 0.313 e. The summed E-state index contributed by atoms with van der Waals surface area (Å²) in [6.45, 7) is 0. The van der Waals surface area contributed by atoms with Gasteiger partial charge in [-0.05, 0) is 30.0 Å². The van der Waals surface area contributed by atoms with E-state index >= 15 is 0 Å². The Bertz CT molecular complexity index is 512. The minimum atomic E-state index is -0.804. The number of thioether (sulfide) groups is 1. The quantitative estimate of drug-likeness (QED) is 0.762. The van der Waals surface area contributed by atoms with Crippen molar-refractivity contribution in [1.82, 2.24) is 0 Å². The van der Waals surface area contributed by atoms with Gasteiger partial charge in [0.05, 0.1) is 5.75 Å². The molecule has 2 rings (SSSR count). The Morgan fingerprint density at radius 1 is 1.27 bits per heavy atom. The first-order valence-corrected chi connectivity index (χ1v) is 8.97. The minimum Gasteiger partial charge on any atom is -0.481 e. The van der Waals surface area contributed by atoms with Gasteiger partial charge in [-0.25, -0.2) is 0 Å². The Hall–Kier alpha value is -1.49. The highest BCUT2D eigenvalue weighted by Crippen LogP contribution is 2.28. The van der Waals surface area contributed by atoms with Gasteiger partial charge in [0.15, 0.2) is 0 Å². The van der Waals surface area contributed by atoms with Crippen LogP contribution in [-0.4, -0.2) is 22.7 Å². The van der Waals surface area contributed by atoms with Crippen LogP contribution in [0.2, 0.25) is 0 Å². The second-order valence-electron chi connectivity index (χ2n) is 5.82. The molecule has 0 saturated heterocycles. The van der Waals surface area contributed by atoms with Crippen LogP contribution in [-0.2, 0) is 15.3 Å². The maximum atomic E-state index is 12.0. The van der Waals surface area contributed by atoms with Gasteiger partial charge in [-0.15, -0.1) is 11.8 Å². The molecule has 0 spiro atoms. The second kappa shape index (κ2) is 8.83. The summed E-state index contributed by atoms with van der Waals surface area (Å²) in [7, 11) is 0. The molecule has 1 aliphatic carbocycles. The first-order valence-electron chi connectivity index (χ1n) is 7.82. The molecule has 2 N–H and O–H groups in total. The predicted octanol–water partition coefficient (Wildman–Crippen LogP) is 3.91. The van der Waals surface area contributed by atoms with Crippen LogP contribution in [0.1, 0.15) is 44.1 Å². The van der Waals surface area contributed by atoms with Crippen LogP contribution >= 0.6 is 11.8 Å². The monoisotopic (exact) mass is 321 g/mol. The maximum absolute atomic E-state index is 12.0. The van der Waals surface area contributed by atoms with Crippen LogP contribution < -0.4 is 5.32 Å². The summed E-state index contributed by atoms with van der Waals surface area (Å²) >= 11 is 1.36. The summed E-state index contributed by atoms with van der Waals surface area (Å²) in [5.41, 5.74) is 1.82. The molecule has 4 nitrogen and oxygen atoms in total. The van der Waals surface area contributed by atoms with Crippen LogP contribution in [0.25, 0.3) is 0 Å². The van der Waals surface area contributed by atoms with Gasteiger partial charge in [-0.2, -0.15) is 0 Å². The molecule has 0 bridgehead atoms. The highest BCUT2D eigenvalue weighted by atomic mass is 32.2. The zero-order chi connectivity index (χ0) is 15.8. The van der Waals surface area contributed by atoms with Gasteiger partial charge in [0.2, 0.25) is 5.91 Å². The summed E-state index contributed by atoms with van der Waals surface area (Å²) in [4.78, 5) is 22.5. The second-order valence-corrected chi connectivity index (χ2v) is 6.81. The molecule has 1 aliphatic rings. The van der Waals surface area contributed by atoms with Crippen molar-refractivity contribution in [3.8, 4) is 0 Å². The van der Waals surface area contributed by atoms with Gasteiger partial charge in [-0.1, -0.05) is 37.8 Å². The van der Waals surface area contributed by atoms with Crippen LogP contribution in [0, 0.1) is 5.92 Å². The third-order valence-electron chi connectivity index (χ3n) is 3.96. The molecule has 1 aromatic carbocycles. The number of aliphatic carboxylic acids is 1. The molecular formula is C17H23NO3S. The number of carbonyl (C=O) groups is 2. The van der Waals surface area contributed by atoms with Crippen molar-refractivity contribution in [3.05, 3.63) is 29.8 Å².